The lowest BCUT2D eigenvalue weighted by Gasteiger charge is -2.09. The summed E-state index contributed by atoms with van der Waals surface area (Å²) in [5, 5.41) is 6.92. The molecule has 1 amide bonds. The maximum absolute atomic E-state index is 13.1. The molecule has 3 aromatic heterocycles. The highest BCUT2D eigenvalue weighted by Crippen LogP contribution is 2.32. The summed E-state index contributed by atoms with van der Waals surface area (Å²) in [6, 6.07) is 3.96. The molecule has 0 saturated carbocycles. The number of halogens is 3. The van der Waals surface area contributed by atoms with Crippen LogP contribution in [-0.2, 0) is 24.1 Å². The first-order valence-corrected chi connectivity index (χ1v) is 10.2. The molecular weight excluding hydrogens is 419 g/mol. The van der Waals surface area contributed by atoms with E-state index in [2.05, 4.69) is 20.4 Å². The number of rotatable bonds is 9. The zero-order valence-corrected chi connectivity index (χ0v) is 17.0. The van der Waals surface area contributed by atoms with E-state index >= 15 is 0 Å². The molecule has 3 aromatic rings. The van der Waals surface area contributed by atoms with Gasteiger partial charge in [0.2, 0.25) is 5.91 Å². The number of nitrogens with zero attached hydrogens (tertiary/aromatic N) is 4. The summed E-state index contributed by atoms with van der Waals surface area (Å²) in [6.45, 7) is 3.11. The van der Waals surface area contributed by atoms with E-state index < -0.39 is 11.9 Å². The van der Waals surface area contributed by atoms with Crippen LogP contribution >= 0.6 is 11.8 Å². The number of carbonyl (C=O) groups excluding carboxylic acids is 1. The van der Waals surface area contributed by atoms with Gasteiger partial charge in [-0.25, -0.2) is 9.97 Å². The highest BCUT2D eigenvalue weighted by atomic mass is 32.2. The van der Waals surface area contributed by atoms with Gasteiger partial charge in [0.1, 0.15) is 11.4 Å². The normalized spacial score (nSPS) is 11.6. The Balaban J connectivity index is 1.51. The van der Waals surface area contributed by atoms with Gasteiger partial charge in [-0.2, -0.15) is 18.3 Å². The fourth-order valence-electron chi connectivity index (χ4n) is 2.54. The Labute approximate surface area is 175 Å². The molecular formula is C19H20F3N5O2S. The number of carbonyl (C=O) groups is 1. The molecule has 160 valence electrons. The highest BCUT2D eigenvalue weighted by Gasteiger charge is 2.34. The van der Waals surface area contributed by atoms with Crippen LogP contribution in [0.25, 0.3) is 11.5 Å². The molecule has 11 heteroatoms. The second-order valence-electron chi connectivity index (χ2n) is 6.33. The average molecular weight is 439 g/mol. The van der Waals surface area contributed by atoms with Crippen molar-refractivity contribution >= 4 is 17.7 Å². The Hall–Kier alpha value is -2.82. The molecule has 0 fully saturated rings. The van der Waals surface area contributed by atoms with E-state index in [0.29, 0.717) is 18.7 Å². The van der Waals surface area contributed by atoms with Crippen LogP contribution in [0.1, 0.15) is 31.0 Å². The number of aromatic nitrogens is 4. The summed E-state index contributed by atoms with van der Waals surface area (Å²) in [5.41, 5.74) is -0.0608. The van der Waals surface area contributed by atoms with E-state index in [-0.39, 0.29) is 28.9 Å². The molecule has 0 radical (unpaired) electrons. The van der Waals surface area contributed by atoms with E-state index in [1.807, 2.05) is 13.1 Å². The minimum absolute atomic E-state index is 0.0105. The zero-order valence-electron chi connectivity index (χ0n) is 16.1. The third kappa shape index (κ3) is 6.09. The van der Waals surface area contributed by atoms with Crippen molar-refractivity contribution in [3.63, 3.8) is 0 Å². The van der Waals surface area contributed by atoms with Crippen molar-refractivity contribution in [2.24, 2.45) is 0 Å². The van der Waals surface area contributed by atoms with Gasteiger partial charge in [0.05, 0.1) is 12.5 Å². The number of furan rings is 1. The summed E-state index contributed by atoms with van der Waals surface area (Å²) < 4.78 is 46.3. The van der Waals surface area contributed by atoms with Gasteiger partial charge in [0.25, 0.3) is 0 Å². The number of amides is 1. The fraction of sp³-hybridized carbons (Fsp3) is 0.368. The van der Waals surface area contributed by atoms with Gasteiger partial charge in [0.15, 0.2) is 10.9 Å². The molecule has 30 heavy (non-hydrogen) atoms. The first kappa shape index (κ1) is 21.9. The van der Waals surface area contributed by atoms with E-state index in [9.17, 15) is 18.0 Å². The summed E-state index contributed by atoms with van der Waals surface area (Å²) in [7, 11) is 0. The lowest BCUT2D eigenvalue weighted by atomic mass is 10.2. The van der Waals surface area contributed by atoms with Crippen molar-refractivity contribution in [2.45, 2.75) is 44.2 Å². The minimum Gasteiger partial charge on any atom is -0.463 e. The molecule has 0 bridgehead atoms. The van der Waals surface area contributed by atoms with Crippen LogP contribution in [0.4, 0.5) is 13.2 Å². The van der Waals surface area contributed by atoms with Gasteiger partial charge in [-0.3, -0.25) is 9.48 Å². The van der Waals surface area contributed by atoms with Crippen molar-refractivity contribution in [1.82, 2.24) is 25.1 Å². The second kappa shape index (κ2) is 9.79. The lowest BCUT2D eigenvalue weighted by Crippen LogP contribution is -2.22. The molecule has 3 rings (SSSR count). The quantitative estimate of drug-likeness (QED) is 0.306. The SMILES string of the molecule is CCn1cc(CNC(=O)CCCSc2nc(-c3ccco3)cc(C(F)(F)F)n2)cn1. The third-order valence-electron chi connectivity index (χ3n) is 4.05. The minimum atomic E-state index is -4.59. The maximum Gasteiger partial charge on any atom is 0.433 e. The Kier molecular flexibility index (Phi) is 7.14. The molecule has 3 heterocycles. The van der Waals surface area contributed by atoms with Crippen LogP contribution in [0.15, 0.2) is 46.4 Å². The maximum atomic E-state index is 13.1. The number of thioether (sulfide) groups is 1. The van der Waals surface area contributed by atoms with Crippen molar-refractivity contribution in [1.29, 1.82) is 0 Å². The zero-order chi connectivity index (χ0) is 21.6. The lowest BCUT2D eigenvalue weighted by molar-refractivity contribution is -0.141. The van der Waals surface area contributed by atoms with E-state index in [1.54, 1.807) is 16.9 Å². The summed E-state index contributed by atoms with van der Waals surface area (Å²) in [4.78, 5) is 19.7. The fourth-order valence-corrected chi connectivity index (χ4v) is 3.34. The number of alkyl halides is 3. The van der Waals surface area contributed by atoms with Gasteiger partial charge in [-0.15, -0.1) is 0 Å². The molecule has 0 aliphatic heterocycles. The Bertz CT molecular complexity index is 973. The molecule has 1 N–H and O–H groups in total. The predicted octanol–water partition coefficient (Wildman–Crippen LogP) is 4.16. The summed E-state index contributed by atoms with van der Waals surface area (Å²) in [5.74, 6) is 0.497. The monoisotopic (exact) mass is 439 g/mol. The van der Waals surface area contributed by atoms with Crippen LogP contribution in [-0.4, -0.2) is 31.4 Å². The van der Waals surface area contributed by atoms with Gasteiger partial charge in [-0.1, -0.05) is 11.8 Å². The van der Waals surface area contributed by atoms with Crippen molar-refractivity contribution < 1.29 is 22.4 Å². The van der Waals surface area contributed by atoms with Gasteiger partial charge < -0.3 is 9.73 Å². The molecule has 0 saturated heterocycles. The first-order valence-electron chi connectivity index (χ1n) is 9.26. The molecule has 0 spiro atoms. The molecule has 0 aliphatic rings. The van der Waals surface area contributed by atoms with Crippen LogP contribution in [0.3, 0.4) is 0 Å². The predicted molar refractivity (Wildman–Crippen MR) is 104 cm³/mol. The molecule has 0 aliphatic carbocycles. The first-order chi connectivity index (χ1) is 14.3. The smallest absolute Gasteiger partial charge is 0.433 e. The molecule has 0 atom stereocenters. The second-order valence-corrected chi connectivity index (χ2v) is 7.39. The van der Waals surface area contributed by atoms with Crippen molar-refractivity contribution in [3.05, 3.63) is 48.1 Å². The third-order valence-corrected chi connectivity index (χ3v) is 4.98. The topological polar surface area (TPSA) is 85.8 Å². The number of aryl methyl sites for hydroxylation is 1. The van der Waals surface area contributed by atoms with Crippen molar-refractivity contribution in [3.8, 4) is 11.5 Å². The van der Waals surface area contributed by atoms with E-state index in [4.69, 9.17) is 4.42 Å². The summed E-state index contributed by atoms with van der Waals surface area (Å²) in [6.07, 6.45) is 1.05. The highest BCUT2D eigenvalue weighted by molar-refractivity contribution is 7.99. The molecule has 0 aromatic carbocycles. The Morgan fingerprint density at radius 1 is 1.33 bits per heavy atom. The van der Waals surface area contributed by atoms with Crippen molar-refractivity contribution in [2.75, 3.05) is 5.75 Å². The van der Waals surface area contributed by atoms with Crippen LogP contribution in [0, 0.1) is 0 Å². The van der Waals surface area contributed by atoms with Gasteiger partial charge >= 0.3 is 6.18 Å². The molecule has 0 unspecified atom stereocenters. The summed E-state index contributed by atoms with van der Waals surface area (Å²) >= 11 is 1.07. The van der Waals surface area contributed by atoms with Gasteiger partial charge in [0, 0.05) is 37.0 Å². The Morgan fingerprint density at radius 2 is 2.17 bits per heavy atom. The van der Waals surface area contributed by atoms with E-state index in [1.165, 1.54) is 12.3 Å². The van der Waals surface area contributed by atoms with Crippen LogP contribution in [0.2, 0.25) is 0 Å². The van der Waals surface area contributed by atoms with Gasteiger partial charge in [-0.05, 0) is 31.5 Å². The standard InChI is InChI=1S/C19H20F3N5O2S/c1-2-27-12-13(11-24-27)10-23-17(28)6-4-8-30-18-25-14(15-5-3-7-29-15)9-16(26-18)19(20,21)22/h3,5,7,9,11-12H,2,4,6,8,10H2,1H3,(H,23,28). The van der Waals surface area contributed by atoms with Crippen LogP contribution < -0.4 is 5.32 Å². The number of hydrogen-bond acceptors (Lipinski definition) is 6. The average Bonchev–Trinajstić information content (AvgIpc) is 3.40. The number of hydrogen-bond donors (Lipinski definition) is 1. The number of nitrogens with one attached hydrogen (secondary N) is 1. The largest absolute Gasteiger partial charge is 0.463 e. The van der Waals surface area contributed by atoms with E-state index in [0.717, 1.165) is 29.9 Å². The van der Waals surface area contributed by atoms with Crippen LogP contribution in [0.5, 0.6) is 0 Å². The Morgan fingerprint density at radius 3 is 2.83 bits per heavy atom. The molecule has 7 nitrogen and oxygen atoms in total.